The van der Waals surface area contributed by atoms with Gasteiger partial charge >= 0.3 is 5.97 Å². The van der Waals surface area contributed by atoms with E-state index in [-0.39, 0.29) is 23.9 Å². The second kappa shape index (κ2) is 10.5. The SMILES string of the molecule is C[C@@H](c1ccc2ccccc2c1)c1cnn2cc(-c3ccccc3)cc(C(=O)NCc3ccc(C(=O)O)cc3)c12. The molecule has 6 rings (SSSR count). The summed E-state index contributed by atoms with van der Waals surface area (Å²) in [5.41, 5.74) is 6.30. The number of nitrogens with zero attached hydrogens (tertiary/aromatic N) is 2. The lowest BCUT2D eigenvalue weighted by Crippen LogP contribution is -2.24. The quantitative estimate of drug-likeness (QED) is 0.237. The van der Waals surface area contributed by atoms with Crippen molar-refractivity contribution in [1.29, 1.82) is 0 Å². The Balaban J connectivity index is 1.40. The van der Waals surface area contributed by atoms with Gasteiger partial charge < -0.3 is 10.4 Å². The maximum absolute atomic E-state index is 13.7. The first-order valence-corrected chi connectivity index (χ1v) is 13.1. The van der Waals surface area contributed by atoms with Crippen molar-refractivity contribution in [3.63, 3.8) is 0 Å². The molecule has 0 aliphatic carbocycles. The molecule has 2 aromatic heterocycles. The van der Waals surface area contributed by atoms with Crippen molar-refractivity contribution in [2.24, 2.45) is 0 Å². The Labute approximate surface area is 231 Å². The summed E-state index contributed by atoms with van der Waals surface area (Å²) < 4.78 is 1.80. The summed E-state index contributed by atoms with van der Waals surface area (Å²) in [5, 5.41) is 19.2. The lowest BCUT2D eigenvalue weighted by atomic mass is 9.91. The van der Waals surface area contributed by atoms with Gasteiger partial charge in [0.1, 0.15) is 0 Å². The van der Waals surface area contributed by atoms with Crippen LogP contribution in [0.1, 0.15) is 50.2 Å². The number of carbonyl (C=O) groups is 2. The number of carboxylic acids is 1. The average molecular weight is 526 g/mol. The van der Waals surface area contributed by atoms with Gasteiger partial charge in [-0.1, -0.05) is 91.9 Å². The van der Waals surface area contributed by atoms with Crippen LogP contribution in [0.3, 0.4) is 0 Å². The molecule has 0 bridgehead atoms. The monoisotopic (exact) mass is 525 g/mol. The third kappa shape index (κ3) is 4.83. The summed E-state index contributed by atoms with van der Waals surface area (Å²) >= 11 is 0. The van der Waals surface area contributed by atoms with Crippen molar-refractivity contribution in [2.75, 3.05) is 0 Å². The number of hydrogen-bond acceptors (Lipinski definition) is 3. The number of pyridine rings is 1. The standard InChI is InChI=1S/C34H27N3O3/c1-22(27-16-15-25-9-5-6-10-28(25)17-27)31-20-36-37-21-29(24-7-3-2-4-8-24)18-30(32(31)37)33(38)35-19-23-11-13-26(14-12-23)34(39)40/h2-18,20-22H,19H2,1H3,(H,35,38)(H,39,40)/t22-/m0/s1. The molecule has 0 saturated carbocycles. The minimum atomic E-state index is -0.982. The zero-order valence-electron chi connectivity index (χ0n) is 21.9. The molecule has 196 valence electrons. The zero-order chi connectivity index (χ0) is 27.6. The molecule has 2 heterocycles. The van der Waals surface area contributed by atoms with Crippen LogP contribution in [0.25, 0.3) is 27.4 Å². The summed E-state index contributed by atoms with van der Waals surface area (Å²) in [4.78, 5) is 24.9. The number of benzene rings is 4. The molecule has 6 heteroatoms. The fourth-order valence-electron chi connectivity index (χ4n) is 5.12. The van der Waals surface area contributed by atoms with E-state index in [1.165, 1.54) is 10.8 Å². The molecule has 0 saturated heterocycles. The normalized spacial score (nSPS) is 11.9. The van der Waals surface area contributed by atoms with Gasteiger partial charge in [-0.05, 0) is 45.7 Å². The first kappa shape index (κ1) is 25.1. The Morgan fingerprint density at radius 3 is 2.33 bits per heavy atom. The van der Waals surface area contributed by atoms with Crippen LogP contribution >= 0.6 is 0 Å². The Hall–Kier alpha value is -5.23. The molecule has 0 unspecified atom stereocenters. The summed E-state index contributed by atoms with van der Waals surface area (Å²) in [6, 6.07) is 33.1. The number of fused-ring (bicyclic) bond motifs is 2. The highest BCUT2D eigenvalue weighted by atomic mass is 16.4. The molecule has 0 radical (unpaired) electrons. The number of nitrogens with one attached hydrogen (secondary N) is 1. The number of carbonyl (C=O) groups excluding carboxylic acids is 1. The second-order valence-corrected chi connectivity index (χ2v) is 9.91. The van der Waals surface area contributed by atoms with Crippen LogP contribution in [0.15, 0.2) is 116 Å². The van der Waals surface area contributed by atoms with Crippen molar-refractivity contribution in [3.05, 3.63) is 143 Å². The van der Waals surface area contributed by atoms with E-state index in [1.54, 1.807) is 28.8 Å². The van der Waals surface area contributed by atoms with Crippen LogP contribution in [0.5, 0.6) is 0 Å². The van der Waals surface area contributed by atoms with Crippen LogP contribution in [0.2, 0.25) is 0 Å². The van der Waals surface area contributed by atoms with Gasteiger partial charge in [-0.3, -0.25) is 4.79 Å². The fraction of sp³-hybridized carbons (Fsp3) is 0.0882. The van der Waals surface area contributed by atoms with Gasteiger partial charge in [0.2, 0.25) is 0 Å². The van der Waals surface area contributed by atoms with Crippen LogP contribution in [-0.2, 0) is 6.54 Å². The van der Waals surface area contributed by atoms with E-state index in [1.807, 2.05) is 60.9 Å². The van der Waals surface area contributed by atoms with Gasteiger partial charge in [0, 0.05) is 29.8 Å². The summed E-state index contributed by atoms with van der Waals surface area (Å²) in [6.45, 7) is 2.40. The van der Waals surface area contributed by atoms with E-state index in [4.69, 9.17) is 5.11 Å². The maximum Gasteiger partial charge on any atom is 0.335 e. The van der Waals surface area contributed by atoms with Crippen molar-refractivity contribution >= 4 is 28.2 Å². The van der Waals surface area contributed by atoms with Crippen molar-refractivity contribution in [1.82, 2.24) is 14.9 Å². The summed E-state index contributed by atoms with van der Waals surface area (Å²) in [5.74, 6) is -1.21. The Morgan fingerprint density at radius 1 is 0.850 bits per heavy atom. The highest BCUT2D eigenvalue weighted by molar-refractivity contribution is 6.03. The highest BCUT2D eigenvalue weighted by Gasteiger charge is 2.22. The predicted molar refractivity (Wildman–Crippen MR) is 157 cm³/mol. The van der Waals surface area contributed by atoms with Gasteiger partial charge in [0.05, 0.1) is 22.8 Å². The van der Waals surface area contributed by atoms with E-state index >= 15 is 0 Å². The van der Waals surface area contributed by atoms with Crippen molar-refractivity contribution < 1.29 is 14.7 Å². The molecule has 0 spiro atoms. The van der Waals surface area contributed by atoms with Gasteiger partial charge in [0.15, 0.2) is 0 Å². The van der Waals surface area contributed by atoms with Crippen molar-refractivity contribution in [2.45, 2.75) is 19.4 Å². The maximum atomic E-state index is 13.7. The number of aromatic nitrogens is 2. The number of amides is 1. The van der Waals surface area contributed by atoms with Gasteiger partial charge in [0.25, 0.3) is 5.91 Å². The van der Waals surface area contributed by atoms with Crippen LogP contribution in [-0.4, -0.2) is 26.6 Å². The van der Waals surface area contributed by atoms with E-state index < -0.39 is 5.97 Å². The van der Waals surface area contributed by atoms with Gasteiger partial charge in [-0.25, -0.2) is 9.31 Å². The van der Waals surface area contributed by atoms with Crippen LogP contribution < -0.4 is 5.32 Å². The lowest BCUT2D eigenvalue weighted by Gasteiger charge is -2.15. The van der Waals surface area contributed by atoms with E-state index in [0.717, 1.165) is 33.3 Å². The minimum Gasteiger partial charge on any atom is -0.478 e. The largest absolute Gasteiger partial charge is 0.478 e. The molecule has 1 amide bonds. The van der Waals surface area contributed by atoms with Gasteiger partial charge in [-0.2, -0.15) is 5.10 Å². The summed E-state index contributed by atoms with van der Waals surface area (Å²) in [6.07, 6.45) is 3.81. The Bertz CT molecular complexity index is 1860. The zero-order valence-corrected chi connectivity index (χ0v) is 21.9. The second-order valence-electron chi connectivity index (χ2n) is 9.91. The molecule has 1 atom stereocenters. The third-order valence-corrected chi connectivity index (χ3v) is 7.39. The van der Waals surface area contributed by atoms with E-state index in [0.29, 0.717) is 5.56 Å². The molecule has 0 aliphatic heterocycles. The van der Waals surface area contributed by atoms with Gasteiger partial charge in [-0.15, -0.1) is 0 Å². The molecule has 40 heavy (non-hydrogen) atoms. The van der Waals surface area contributed by atoms with E-state index in [9.17, 15) is 9.59 Å². The molecule has 4 aromatic carbocycles. The fourth-order valence-corrected chi connectivity index (χ4v) is 5.12. The Morgan fingerprint density at radius 2 is 1.57 bits per heavy atom. The molecule has 6 nitrogen and oxygen atoms in total. The van der Waals surface area contributed by atoms with Crippen LogP contribution in [0, 0.1) is 0 Å². The Kier molecular flexibility index (Phi) is 6.58. The molecular weight excluding hydrogens is 498 g/mol. The number of carboxylic acid groups (broad SMARTS) is 1. The smallest absolute Gasteiger partial charge is 0.335 e. The topological polar surface area (TPSA) is 83.7 Å². The highest BCUT2D eigenvalue weighted by Crippen LogP contribution is 2.33. The summed E-state index contributed by atoms with van der Waals surface area (Å²) in [7, 11) is 0. The molecule has 0 aliphatic rings. The van der Waals surface area contributed by atoms with E-state index in [2.05, 4.69) is 47.7 Å². The number of rotatable bonds is 7. The first-order valence-electron chi connectivity index (χ1n) is 13.1. The van der Waals surface area contributed by atoms with Crippen molar-refractivity contribution in [3.8, 4) is 11.1 Å². The first-order chi connectivity index (χ1) is 19.5. The lowest BCUT2D eigenvalue weighted by molar-refractivity contribution is 0.0696. The molecule has 2 N–H and O–H groups in total. The molecule has 6 aromatic rings. The average Bonchev–Trinajstić information content (AvgIpc) is 3.43. The number of aromatic carboxylic acids is 1. The molecule has 0 fully saturated rings. The molecular formula is C34H27N3O3. The van der Waals surface area contributed by atoms with Crippen LogP contribution in [0.4, 0.5) is 0 Å². The predicted octanol–water partition coefficient (Wildman–Crippen LogP) is 6.93. The third-order valence-electron chi connectivity index (χ3n) is 7.39. The minimum absolute atomic E-state index is 0.000190. The number of hydrogen-bond donors (Lipinski definition) is 2.